The number of nitrogens with zero attached hydrogens (tertiary/aromatic N) is 3. The highest BCUT2D eigenvalue weighted by Gasteiger charge is 2.28. The lowest BCUT2D eigenvalue weighted by atomic mass is 9.92. The number of benzene rings is 1. The van der Waals surface area contributed by atoms with Crippen LogP contribution in [-0.2, 0) is 4.79 Å². The lowest BCUT2D eigenvalue weighted by molar-refractivity contribution is -0.384. The molecule has 2 amide bonds. The molecule has 0 spiro atoms. The molecule has 0 bridgehead atoms. The third kappa shape index (κ3) is 4.47. The van der Waals surface area contributed by atoms with Gasteiger partial charge in [0, 0.05) is 50.3 Å². The van der Waals surface area contributed by atoms with Crippen LogP contribution in [0.5, 0.6) is 0 Å². The van der Waals surface area contributed by atoms with E-state index in [-0.39, 0.29) is 23.0 Å². The summed E-state index contributed by atoms with van der Waals surface area (Å²) in [5.41, 5.74) is -0.712. The van der Waals surface area contributed by atoms with Crippen LogP contribution in [0.3, 0.4) is 0 Å². The summed E-state index contributed by atoms with van der Waals surface area (Å²) in [7, 11) is 0. The minimum Gasteiger partial charge on any atom is -0.478 e. The SMILES string of the molecule is O=C(O)c1cc(C(=O)N2CCC(CC(=O)N3CCCC3)CC2)cc([N+](=O)[O-])c1. The second-order valence-electron chi connectivity index (χ2n) is 7.36. The lowest BCUT2D eigenvalue weighted by Crippen LogP contribution is -2.40. The first-order chi connectivity index (χ1) is 13.3. The number of nitro benzene ring substituents is 1. The summed E-state index contributed by atoms with van der Waals surface area (Å²) >= 11 is 0. The van der Waals surface area contributed by atoms with E-state index < -0.39 is 22.5 Å². The van der Waals surface area contributed by atoms with Crippen LogP contribution < -0.4 is 0 Å². The summed E-state index contributed by atoms with van der Waals surface area (Å²) in [5, 5.41) is 20.2. The summed E-state index contributed by atoms with van der Waals surface area (Å²) in [6, 6.07) is 3.22. The van der Waals surface area contributed by atoms with Gasteiger partial charge in [-0.15, -0.1) is 0 Å². The molecule has 3 rings (SSSR count). The fourth-order valence-electron chi connectivity index (χ4n) is 3.83. The van der Waals surface area contributed by atoms with E-state index in [4.69, 9.17) is 5.11 Å². The molecule has 2 heterocycles. The lowest BCUT2D eigenvalue weighted by Gasteiger charge is -2.32. The second kappa shape index (κ2) is 8.37. The molecule has 2 aliphatic heterocycles. The Hall–Kier alpha value is -2.97. The van der Waals surface area contributed by atoms with Crippen LogP contribution >= 0.6 is 0 Å². The zero-order valence-electron chi connectivity index (χ0n) is 15.5. The number of aromatic carboxylic acids is 1. The molecule has 1 aromatic carbocycles. The fraction of sp³-hybridized carbons (Fsp3) is 0.526. The fourth-order valence-corrected chi connectivity index (χ4v) is 3.83. The van der Waals surface area contributed by atoms with Crippen molar-refractivity contribution < 1.29 is 24.4 Å². The summed E-state index contributed by atoms with van der Waals surface area (Å²) in [4.78, 5) is 50.0. The average molecular weight is 389 g/mol. The Kier molecular flexibility index (Phi) is 5.91. The van der Waals surface area contributed by atoms with Crippen LogP contribution in [0, 0.1) is 16.0 Å². The number of nitro groups is 1. The number of amides is 2. The molecular formula is C19H23N3O6. The summed E-state index contributed by atoms with van der Waals surface area (Å²) in [6.07, 6.45) is 3.97. The smallest absolute Gasteiger partial charge is 0.335 e. The predicted molar refractivity (Wildman–Crippen MR) is 99.1 cm³/mol. The first-order valence-corrected chi connectivity index (χ1v) is 9.45. The van der Waals surface area contributed by atoms with Crippen molar-refractivity contribution in [2.75, 3.05) is 26.2 Å². The van der Waals surface area contributed by atoms with Gasteiger partial charge in [-0.05, 0) is 37.7 Å². The quantitative estimate of drug-likeness (QED) is 0.608. The van der Waals surface area contributed by atoms with Gasteiger partial charge in [-0.2, -0.15) is 0 Å². The Balaban J connectivity index is 1.62. The second-order valence-corrected chi connectivity index (χ2v) is 7.36. The van der Waals surface area contributed by atoms with Gasteiger partial charge in [0.05, 0.1) is 10.5 Å². The Morgan fingerprint density at radius 3 is 2.18 bits per heavy atom. The third-order valence-electron chi connectivity index (χ3n) is 5.45. The maximum absolute atomic E-state index is 12.7. The molecule has 150 valence electrons. The highest BCUT2D eigenvalue weighted by molar-refractivity contribution is 5.98. The number of carbonyl (C=O) groups excluding carboxylic acids is 2. The Bertz CT molecular complexity index is 763. The van der Waals surface area contributed by atoms with Crippen LogP contribution in [0.2, 0.25) is 0 Å². The van der Waals surface area contributed by atoms with Crippen molar-refractivity contribution in [2.45, 2.75) is 32.1 Å². The highest BCUT2D eigenvalue weighted by atomic mass is 16.6. The molecule has 2 aliphatic rings. The first-order valence-electron chi connectivity index (χ1n) is 9.45. The first kappa shape index (κ1) is 19.8. The van der Waals surface area contributed by atoms with E-state index >= 15 is 0 Å². The number of carboxylic acids is 1. The van der Waals surface area contributed by atoms with Crippen molar-refractivity contribution in [2.24, 2.45) is 5.92 Å². The van der Waals surface area contributed by atoms with Crippen LogP contribution in [-0.4, -0.2) is 63.8 Å². The van der Waals surface area contributed by atoms with Crippen LogP contribution in [0.25, 0.3) is 0 Å². The van der Waals surface area contributed by atoms with Crippen LogP contribution in [0.15, 0.2) is 18.2 Å². The Labute approximate surface area is 162 Å². The molecule has 2 fully saturated rings. The number of carbonyl (C=O) groups is 3. The van der Waals surface area contributed by atoms with Gasteiger partial charge >= 0.3 is 5.97 Å². The number of carboxylic acid groups (broad SMARTS) is 1. The monoisotopic (exact) mass is 389 g/mol. The largest absolute Gasteiger partial charge is 0.478 e. The molecule has 1 N–H and O–H groups in total. The van der Waals surface area contributed by atoms with E-state index in [0.717, 1.165) is 38.1 Å². The number of rotatable bonds is 5. The van der Waals surface area contributed by atoms with E-state index in [2.05, 4.69) is 0 Å². The number of hydrogen-bond acceptors (Lipinski definition) is 5. The van der Waals surface area contributed by atoms with Gasteiger partial charge < -0.3 is 14.9 Å². The Morgan fingerprint density at radius 2 is 1.61 bits per heavy atom. The average Bonchev–Trinajstić information content (AvgIpc) is 3.22. The molecule has 0 aliphatic carbocycles. The topological polar surface area (TPSA) is 121 Å². The molecule has 0 saturated carbocycles. The van der Waals surface area contributed by atoms with E-state index in [1.165, 1.54) is 6.07 Å². The van der Waals surface area contributed by atoms with E-state index in [1.54, 1.807) is 4.90 Å². The molecule has 0 unspecified atom stereocenters. The molecule has 28 heavy (non-hydrogen) atoms. The van der Waals surface area contributed by atoms with Crippen LogP contribution in [0.4, 0.5) is 5.69 Å². The zero-order valence-corrected chi connectivity index (χ0v) is 15.5. The van der Waals surface area contributed by atoms with Crippen molar-refractivity contribution in [3.8, 4) is 0 Å². The number of piperidine rings is 1. The number of hydrogen-bond donors (Lipinski definition) is 1. The van der Waals surface area contributed by atoms with E-state index in [0.29, 0.717) is 32.4 Å². The molecule has 0 aromatic heterocycles. The van der Waals surface area contributed by atoms with Gasteiger partial charge in [-0.1, -0.05) is 0 Å². The number of non-ortho nitro benzene ring substituents is 1. The third-order valence-corrected chi connectivity index (χ3v) is 5.45. The van der Waals surface area contributed by atoms with Crippen molar-refractivity contribution >= 4 is 23.5 Å². The van der Waals surface area contributed by atoms with Crippen molar-refractivity contribution in [1.29, 1.82) is 0 Å². The standard InChI is InChI=1S/C19H23N3O6/c23-17(20-5-1-2-6-20)9-13-3-7-21(8-4-13)18(24)14-10-15(19(25)26)12-16(11-14)22(27)28/h10-13H,1-9H2,(H,25,26). The maximum atomic E-state index is 12.7. The van der Waals surface area contributed by atoms with E-state index in [9.17, 15) is 24.5 Å². The molecule has 2 saturated heterocycles. The van der Waals surface area contributed by atoms with Gasteiger partial charge in [0.1, 0.15) is 0 Å². The molecule has 1 aromatic rings. The van der Waals surface area contributed by atoms with Gasteiger partial charge in [0.25, 0.3) is 11.6 Å². The van der Waals surface area contributed by atoms with Gasteiger partial charge in [-0.25, -0.2) is 4.79 Å². The van der Waals surface area contributed by atoms with Gasteiger partial charge in [-0.3, -0.25) is 19.7 Å². The molecular weight excluding hydrogens is 366 g/mol. The number of likely N-dealkylation sites (tertiary alicyclic amines) is 2. The van der Waals surface area contributed by atoms with Crippen molar-refractivity contribution in [3.63, 3.8) is 0 Å². The molecule has 0 atom stereocenters. The highest BCUT2D eigenvalue weighted by Crippen LogP contribution is 2.25. The zero-order chi connectivity index (χ0) is 20.3. The minimum atomic E-state index is -1.32. The van der Waals surface area contributed by atoms with Crippen molar-refractivity contribution in [1.82, 2.24) is 9.80 Å². The minimum absolute atomic E-state index is 0.00167. The van der Waals surface area contributed by atoms with E-state index in [1.807, 2.05) is 4.90 Å². The molecule has 9 nitrogen and oxygen atoms in total. The summed E-state index contributed by atoms with van der Waals surface area (Å²) in [5.74, 6) is -1.35. The van der Waals surface area contributed by atoms with Gasteiger partial charge in [0.2, 0.25) is 5.91 Å². The van der Waals surface area contributed by atoms with Crippen LogP contribution in [0.1, 0.15) is 52.8 Å². The predicted octanol–water partition coefficient (Wildman–Crippen LogP) is 2.16. The molecule has 0 radical (unpaired) electrons. The van der Waals surface area contributed by atoms with Gasteiger partial charge in [0.15, 0.2) is 0 Å². The van der Waals surface area contributed by atoms with Crippen molar-refractivity contribution in [3.05, 3.63) is 39.4 Å². The summed E-state index contributed by atoms with van der Waals surface area (Å²) < 4.78 is 0. The normalized spacial score (nSPS) is 17.6. The molecule has 9 heteroatoms. The summed E-state index contributed by atoms with van der Waals surface area (Å²) in [6.45, 7) is 2.55. The maximum Gasteiger partial charge on any atom is 0.335 e. The Morgan fingerprint density at radius 1 is 1.00 bits per heavy atom.